The Morgan fingerprint density at radius 2 is 2.14 bits per heavy atom. The van der Waals surface area contributed by atoms with Crippen LogP contribution in [-0.2, 0) is 4.79 Å². The number of benzene rings is 1. The maximum absolute atomic E-state index is 12.5. The Balaban J connectivity index is 1.82. The lowest BCUT2D eigenvalue weighted by atomic mass is 10.3. The Labute approximate surface area is 142 Å². The number of carbonyl (C=O) groups excluding carboxylic acids is 1. The van der Waals surface area contributed by atoms with Gasteiger partial charge < -0.3 is 4.42 Å². The number of hydrogen-bond acceptors (Lipinski definition) is 4. The van der Waals surface area contributed by atoms with Gasteiger partial charge in [0.1, 0.15) is 5.76 Å². The van der Waals surface area contributed by atoms with Gasteiger partial charge in [-0.05, 0) is 42.5 Å². The van der Waals surface area contributed by atoms with Crippen molar-refractivity contribution in [1.29, 1.82) is 0 Å². The molecule has 1 aliphatic rings. The van der Waals surface area contributed by atoms with Crippen molar-refractivity contribution in [1.82, 2.24) is 0 Å². The molecule has 0 unspecified atom stereocenters. The van der Waals surface area contributed by atoms with Crippen molar-refractivity contribution < 1.29 is 9.21 Å². The number of carbonyl (C=O) groups is 1. The van der Waals surface area contributed by atoms with Gasteiger partial charge in [-0.2, -0.15) is 0 Å². The van der Waals surface area contributed by atoms with Gasteiger partial charge in [-0.15, -0.1) is 0 Å². The van der Waals surface area contributed by atoms with Crippen LogP contribution in [0.2, 0.25) is 5.02 Å². The molecule has 3 nitrogen and oxygen atoms in total. The van der Waals surface area contributed by atoms with Crippen LogP contribution in [0.3, 0.4) is 0 Å². The normalized spacial score (nSPS) is 17.1. The first-order chi connectivity index (χ1) is 10.6. The van der Waals surface area contributed by atoms with Crippen molar-refractivity contribution in [3.8, 4) is 0 Å². The summed E-state index contributed by atoms with van der Waals surface area (Å²) in [5, 5.41) is 0.563. The van der Waals surface area contributed by atoms with E-state index in [2.05, 4.69) is 0 Å². The molecule has 0 bridgehead atoms. The van der Waals surface area contributed by atoms with Crippen molar-refractivity contribution in [2.24, 2.45) is 0 Å². The molecule has 110 valence electrons. The average Bonchev–Trinajstić information content (AvgIpc) is 3.08. The quantitative estimate of drug-likeness (QED) is 0.584. The fourth-order valence-electron chi connectivity index (χ4n) is 1.94. The lowest BCUT2D eigenvalue weighted by molar-refractivity contribution is -0.113. The molecule has 22 heavy (non-hydrogen) atoms. The molecular weight excluding hydrogens is 338 g/mol. The first-order valence-electron chi connectivity index (χ1n) is 6.39. The standard InChI is InChI=1S/C16H10ClNO2S2/c17-11-4-1-5-12(10-11)18-15(19)14(22-16(18)21)8-2-6-13-7-3-9-20-13/h1-10H. The van der Waals surface area contributed by atoms with Gasteiger partial charge in [0.2, 0.25) is 0 Å². The third kappa shape index (κ3) is 3.16. The molecule has 0 aliphatic carbocycles. The summed E-state index contributed by atoms with van der Waals surface area (Å²) in [6.07, 6.45) is 6.87. The molecule has 0 N–H and O–H groups in total. The third-order valence-electron chi connectivity index (χ3n) is 2.91. The number of furan rings is 1. The van der Waals surface area contributed by atoms with Gasteiger partial charge in [-0.1, -0.05) is 47.7 Å². The predicted octanol–water partition coefficient (Wildman–Crippen LogP) is 4.90. The van der Waals surface area contributed by atoms with E-state index in [4.69, 9.17) is 28.2 Å². The van der Waals surface area contributed by atoms with Crippen LogP contribution in [0.1, 0.15) is 5.76 Å². The minimum atomic E-state index is -0.152. The summed E-state index contributed by atoms with van der Waals surface area (Å²) in [4.78, 5) is 14.5. The summed E-state index contributed by atoms with van der Waals surface area (Å²) in [6.45, 7) is 0. The van der Waals surface area contributed by atoms with Gasteiger partial charge in [-0.25, -0.2) is 0 Å². The molecule has 1 aliphatic heterocycles. The highest BCUT2D eigenvalue weighted by Gasteiger charge is 2.32. The number of nitrogens with zero attached hydrogens (tertiary/aromatic N) is 1. The van der Waals surface area contributed by atoms with Crippen molar-refractivity contribution >= 4 is 57.6 Å². The number of hydrogen-bond donors (Lipinski definition) is 0. The van der Waals surface area contributed by atoms with Gasteiger partial charge in [0.25, 0.3) is 5.91 Å². The van der Waals surface area contributed by atoms with Crippen molar-refractivity contribution in [3.63, 3.8) is 0 Å². The molecule has 1 aromatic carbocycles. The van der Waals surface area contributed by atoms with Crippen LogP contribution in [0.5, 0.6) is 0 Å². The van der Waals surface area contributed by atoms with Crippen LogP contribution in [0, 0.1) is 0 Å². The molecule has 0 atom stereocenters. The summed E-state index contributed by atoms with van der Waals surface area (Å²) in [5.41, 5.74) is 0.674. The Kier molecular flexibility index (Phi) is 4.47. The number of amides is 1. The lowest BCUT2D eigenvalue weighted by Crippen LogP contribution is -2.27. The van der Waals surface area contributed by atoms with E-state index in [0.29, 0.717) is 19.9 Å². The number of anilines is 1. The van der Waals surface area contributed by atoms with Gasteiger partial charge in [-0.3, -0.25) is 9.69 Å². The van der Waals surface area contributed by atoms with Crippen LogP contribution in [0.25, 0.3) is 6.08 Å². The SMILES string of the molecule is O=C1C(=CC=Cc2ccco2)SC(=S)N1c1cccc(Cl)c1. The van der Waals surface area contributed by atoms with E-state index in [0.717, 1.165) is 5.76 Å². The fraction of sp³-hybridized carbons (Fsp3) is 0. The average molecular weight is 348 g/mol. The van der Waals surface area contributed by atoms with Gasteiger partial charge >= 0.3 is 0 Å². The largest absolute Gasteiger partial charge is 0.465 e. The second kappa shape index (κ2) is 6.52. The Morgan fingerprint density at radius 3 is 2.86 bits per heavy atom. The van der Waals surface area contributed by atoms with E-state index in [-0.39, 0.29) is 5.91 Å². The highest BCUT2D eigenvalue weighted by atomic mass is 35.5. The molecular formula is C16H10ClNO2S2. The Bertz CT molecular complexity index is 781. The van der Waals surface area contributed by atoms with E-state index in [1.54, 1.807) is 54.8 Å². The monoisotopic (exact) mass is 347 g/mol. The zero-order chi connectivity index (χ0) is 15.5. The highest BCUT2D eigenvalue weighted by molar-refractivity contribution is 8.27. The van der Waals surface area contributed by atoms with Crippen LogP contribution >= 0.6 is 35.6 Å². The molecule has 1 saturated heterocycles. The zero-order valence-electron chi connectivity index (χ0n) is 11.2. The second-order valence-electron chi connectivity index (χ2n) is 4.39. The topological polar surface area (TPSA) is 33.5 Å². The van der Waals surface area contributed by atoms with Gasteiger partial charge in [0, 0.05) is 5.02 Å². The zero-order valence-corrected chi connectivity index (χ0v) is 13.6. The fourth-order valence-corrected chi connectivity index (χ4v) is 3.37. The van der Waals surface area contributed by atoms with Crippen LogP contribution in [-0.4, -0.2) is 10.2 Å². The first-order valence-corrected chi connectivity index (χ1v) is 7.99. The molecule has 0 radical (unpaired) electrons. The molecule has 2 heterocycles. The molecule has 1 amide bonds. The molecule has 2 aromatic rings. The van der Waals surface area contributed by atoms with Gasteiger partial charge in [0.05, 0.1) is 16.9 Å². The molecule has 3 rings (SSSR count). The summed E-state index contributed by atoms with van der Waals surface area (Å²) < 4.78 is 5.68. The highest BCUT2D eigenvalue weighted by Crippen LogP contribution is 2.35. The van der Waals surface area contributed by atoms with E-state index in [1.807, 2.05) is 6.07 Å². The number of thiocarbonyl (C=S) groups is 1. The van der Waals surface area contributed by atoms with Gasteiger partial charge in [0.15, 0.2) is 4.32 Å². The predicted molar refractivity (Wildman–Crippen MR) is 95.0 cm³/mol. The van der Waals surface area contributed by atoms with E-state index in [9.17, 15) is 4.79 Å². The first kappa shape index (κ1) is 15.1. The third-order valence-corrected chi connectivity index (χ3v) is 4.47. The Hall–Kier alpha value is -1.82. The van der Waals surface area contributed by atoms with Crippen molar-refractivity contribution in [2.45, 2.75) is 0 Å². The summed E-state index contributed by atoms with van der Waals surface area (Å²) in [5.74, 6) is 0.572. The molecule has 1 fully saturated rings. The van der Waals surface area contributed by atoms with Crippen molar-refractivity contribution in [3.05, 3.63) is 70.5 Å². The van der Waals surface area contributed by atoms with E-state index >= 15 is 0 Å². The second-order valence-corrected chi connectivity index (χ2v) is 6.51. The van der Waals surface area contributed by atoms with E-state index < -0.39 is 0 Å². The minimum Gasteiger partial charge on any atom is -0.465 e. The maximum Gasteiger partial charge on any atom is 0.270 e. The number of rotatable bonds is 3. The van der Waals surface area contributed by atoms with Crippen LogP contribution < -0.4 is 4.90 Å². The molecule has 6 heteroatoms. The molecule has 0 saturated carbocycles. The molecule has 1 aromatic heterocycles. The maximum atomic E-state index is 12.5. The lowest BCUT2D eigenvalue weighted by Gasteiger charge is -2.14. The smallest absolute Gasteiger partial charge is 0.270 e. The summed E-state index contributed by atoms with van der Waals surface area (Å²) in [7, 11) is 0. The minimum absolute atomic E-state index is 0.152. The summed E-state index contributed by atoms with van der Waals surface area (Å²) >= 11 is 12.5. The van der Waals surface area contributed by atoms with Crippen LogP contribution in [0.15, 0.2) is 64.1 Å². The van der Waals surface area contributed by atoms with E-state index in [1.165, 1.54) is 16.7 Å². The van der Waals surface area contributed by atoms with Crippen LogP contribution in [0.4, 0.5) is 5.69 Å². The van der Waals surface area contributed by atoms with Crippen molar-refractivity contribution in [2.75, 3.05) is 4.90 Å². The Morgan fingerprint density at radius 1 is 1.27 bits per heavy atom. The summed E-state index contributed by atoms with van der Waals surface area (Å²) in [6, 6.07) is 10.7. The number of halogens is 1. The molecule has 0 spiro atoms. The number of thioether (sulfide) groups is 1. The number of allylic oxidation sites excluding steroid dienone is 2.